The lowest BCUT2D eigenvalue weighted by Crippen LogP contribution is -2.42. The van der Waals surface area contributed by atoms with Crippen LogP contribution < -0.4 is 10.9 Å². The van der Waals surface area contributed by atoms with Crippen LogP contribution in [0.25, 0.3) is 10.9 Å². The van der Waals surface area contributed by atoms with E-state index in [0.717, 1.165) is 31.6 Å². The van der Waals surface area contributed by atoms with Crippen molar-refractivity contribution >= 4 is 16.9 Å². The molecule has 0 amide bonds. The highest BCUT2D eigenvalue weighted by Crippen LogP contribution is 2.27. The van der Waals surface area contributed by atoms with Gasteiger partial charge in [0.2, 0.25) is 0 Å². The number of rotatable bonds is 5. The van der Waals surface area contributed by atoms with E-state index in [0.29, 0.717) is 18.4 Å². The van der Waals surface area contributed by atoms with E-state index >= 15 is 0 Å². The van der Waals surface area contributed by atoms with Gasteiger partial charge in [-0.1, -0.05) is 18.2 Å². The number of carbonyl (C=O) groups excluding carboxylic acids is 1. The summed E-state index contributed by atoms with van der Waals surface area (Å²) in [6.07, 6.45) is 5.73. The molecule has 0 radical (unpaired) electrons. The summed E-state index contributed by atoms with van der Waals surface area (Å²) >= 11 is 0. The van der Waals surface area contributed by atoms with Crippen molar-refractivity contribution < 1.29 is 9.53 Å². The number of hydrogen-bond donors (Lipinski definition) is 2. The van der Waals surface area contributed by atoms with Crippen LogP contribution in [0.5, 0.6) is 0 Å². The van der Waals surface area contributed by atoms with Gasteiger partial charge in [0.25, 0.3) is 0 Å². The summed E-state index contributed by atoms with van der Waals surface area (Å²) in [4.78, 5) is 18.5. The zero-order valence-corrected chi connectivity index (χ0v) is 15.9. The predicted octanol–water partition coefficient (Wildman–Crippen LogP) is 2.24. The minimum atomic E-state index is -0.144. The number of pyridine rings is 1. The molecule has 2 unspecified atom stereocenters. The maximum atomic E-state index is 11.5. The third-order valence-electron chi connectivity index (χ3n) is 5.99. The van der Waals surface area contributed by atoms with Crippen LogP contribution in [0, 0.1) is 5.92 Å². The van der Waals surface area contributed by atoms with Crippen LogP contribution in [0.3, 0.4) is 0 Å². The number of benzene rings is 1. The molecule has 1 aromatic carbocycles. The molecule has 4 rings (SSSR count). The van der Waals surface area contributed by atoms with Crippen LogP contribution in [-0.2, 0) is 16.1 Å². The summed E-state index contributed by atoms with van der Waals surface area (Å²) in [5.41, 5.74) is 9.11. The van der Waals surface area contributed by atoms with Crippen molar-refractivity contribution in [3.05, 3.63) is 42.1 Å². The van der Waals surface area contributed by atoms with E-state index in [2.05, 4.69) is 45.0 Å². The SMILES string of the molecule is COC(=O)CC1CC(C2CCN(Cc3ccnc4ccccc34)CC2)NN1. The highest BCUT2D eigenvalue weighted by Gasteiger charge is 2.33. The largest absolute Gasteiger partial charge is 0.469 e. The second-order valence-electron chi connectivity index (χ2n) is 7.71. The Bertz CT molecular complexity index is 783. The zero-order chi connectivity index (χ0) is 18.6. The molecular weight excluding hydrogens is 340 g/mol. The molecule has 2 fully saturated rings. The normalized spacial score (nSPS) is 24.3. The number of hydrogen-bond acceptors (Lipinski definition) is 6. The van der Waals surface area contributed by atoms with E-state index in [1.807, 2.05) is 12.3 Å². The Hall–Kier alpha value is -2.02. The van der Waals surface area contributed by atoms with Gasteiger partial charge in [-0.25, -0.2) is 0 Å². The first-order valence-corrected chi connectivity index (χ1v) is 9.86. The van der Waals surface area contributed by atoms with E-state index in [-0.39, 0.29) is 12.0 Å². The smallest absolute Gasteiger partial charge is 0.307 e. The molecule has 6 heteroatoms. The fraction of sp³-hybridized carbons (Fsp3) is 0.524. The number of aromatic nitrogens is 1. The Morgan fingerprint density at radius 1 is 1.22 bits per heavy atom. The summed E-state index contributed by atoms with van der Waals surface area (Å²) in [5.74, 6) is 0.514. The van der Waals surface area contributed by atoms with Crippen molar-refractivity contribution in [2.75, 3.05) is 20.2 Å². The third kappa shape index (κ3) is 4.29. The van der Waals surface area contributed by atoms with Gasteiger partial charge in [-0.3, -0.25) is 25.5 Å². The first-order chi connectivity index (χ1) is 13.2. The van der Waals surface area contributed by atoms with Crippen molar-refractivity contribution in [3.63, 3.8) is 0 Å². The highest BCUT2D eigenvalue weighted by atomic mass is 16.5. The van der Waals surface area contributed by atoms with Crippen LogP contribution in [0.2, 0.25) is 0 Å². The number of nitrogens with one attached hydrogen (secondary N) is 2. The van der Waals surface area contributed by atoms with Crippen molar-refractivity contribution in [2.45, 2.75) is 44.3 Å². The molecule has 0 bridgehead atoms. The van der Waals surface area contributed by atoms with Gasteiger partial charge in [-0.2, -0.15) is 0 Å². The van der Waals surface area contributed by atoms with Gasteiger partial charge in [-0.15, -0.1) is 0 Å². The molecule has 2 saturated heterocycles. The maximum Gasteiger partial charge on any atom is 0.307 e. The van der Waals surface area contributed by atoms with E-state index in [4.69, 9.17) is 4.74 Å². The number of ether oxygens (including phenoxy) is 1. The molecule has 27 heavy (non-hydrogen) atoms. The Morgan fingerprint density at radius 2 is 2.04 bits per heavy atom. The molecule has 6 nitrogen and oxygen atoms in total. The second-order valence-corrected chi connectivity index (χ2v) is 7.71. The Labute approximate surface area is 160 Å². The standard InChI is InChI=1S/C21H28N4O2/c1-27-21(26)13-17-12-20(24-23-17)15-7-10-25(11-8-15)14-16-6-9-22-19-5-3-2-4-18(16)19/h2-6,9,15,17,20,23-24H,7-8,10-14H2,1H3. The molecular formula is C21H28N4O2. The molecule has 0 aliphatic carbocycles. The molecule has 1 aromatic heterocycles. The number of carbonyl (C=O) groups is 1. The van der Waals surface area contributed by atoms with Crippen LogP contribution >= 0.6 is 0 Å². The number of methoxy groups -OCH3 is 1. The first-order valence-electron chi connectivity index (χ1n) is 9.86. The van der Waals surface area contributed by atoms with Crippen LogP contribution in [0.1, 0.15) is 31.2 Å². The van der Waals surface area contributed by atoms with Gasteiger partial charge < -0.3 is 4.74 Å². The average Bonchev–Trinajstić information content (AvgIpc) is 3.17. The summed E-state index contributed by atoms with van der Waals surface area (Å²) < 4.78 is 4.78. The minimum absolute atomic E-state index is 0.144. The fourth-order valence-electron chi connectivity index (χ4n) is 4.43. The lowest BCUT2D eigenvalue weighted by molar-refractivity contribution is -0.141. The van der Waals surface area contributed by atoms with E-state index in [9.17, 15) is 4.79 Å². The Kier molecular flexibility index (Phi) is 5.66. The summed E-state index contributed by atoms with van der Waals surface area (Å²) in [6, 6.07) is 11.2. The molecule has 2 aromatic rings. The highest BCUT2D eigenvalue weighted by molar-refractivity contribution is 5.81. The molecule has 144 valence electrons. The number of hydrazine groups is 1. The quantitative estimate of drug-likeness (QED) is 0.789. The monoisotopic (exact) mass is 368 g/mol. The van der Waals surface area contributed by atoms with E-state index < -0.39 is 0 Å². The van der Waals surface area contributed by atoms with Crippen molar-refractivity contribution in [1.82, 2.24) is 20.7 Å². The molecule has 3 heterocycles. The molecule has 0 spiro atoms. The lowest BCUT2D eigenvalue weighted by Gasteiger charge is -2.34. The second kappa shape index (κ2) is 8.33. The lowest BCUT2D eigenvalue weighted by atomic mass is 9.87. The number of esters is 1. The van der Waals surface area contributed by atoms with Crippen molar-refractivity contribution in [3.8, 4) is 0 Å². The van der Waals surface area contributed by atoms with Gasteiger partial charge in [0, 0.05) is 30.2 Å². The van der Waals surface area contributed by atoms with Gasteiger partial charge in [0.1, 0.15) is 0 Å². The van der Waals surface area contributed by atoms with Crippen LogP contribution in [-0.4, -0.2) is 48.1 Å². The zero-order valence-electron chi connectivity index (χ0n) is 15.9. The van der Waals surface area contributed by atoms with Gasteiger partial charge in [0.15, 0.2) is 0 Å². The topological polar surface area (TPSA) is 66.5 Å². The molecule has 2 aliphatic rings. The number of nitrogens with zero attached hydrogens (tertiary/aromatic N) is 2. The Morgan fingerprint density at radius 3 is 2.85 bits per heavy atom. The molecule has 2 atom stereocenters. The van der Waals surface area contributed by atoms with Crippen molar-refractivity contribution in [2.24, 2.45) is 5.92 Å². The van der Waals surface area contributed by atoms with Gasteiger partial charge >= 0.3 is 5.97 Å². The van der Waals surface area contributed by atoms with Gasteiger partial charge in [-0.05, 0) is 56.0 Å². The third-order valence-corrected chi connectivity index (χ3v) is 5.99. The number of fused-ring (bicyclic) bond motifs is 1. The van der Waals surface area contributed by atoms with Crippen LogP contribution in [0.15, 0.2) is 36.5 Å². The molecule has 0 saturated carbocycles. The van der Waals surface area contributed by atoms with Crippen LogP contribution in [0.4, 0.5) is 0 Å². The van der Waals surface area contributed by atoms with Gasteiger partial charge in [0.05, 0.1) is 19.0 Å². The summed E-state index contributed by atoms with van der Waals surface area (Å²) in [6.45, 7) is 3.21. The summed E-state index contributed by atoms with van der Waals surface area (Å²) in [5, 5.41) is 1.26. The van der Waals surface area contributed by atoms with E-state index in [1.54, 1.807) is 0 Å². The number of likely N-dealkylation sites (tertiary alicyclic amines) is 1. The molecule has 2 N–H and O–H groups in total. The Balaban J connectivity index is 1.30. The van der Waals surface area contributed by atoms with E-state index in [1.165, 1.54) is 30.9 Å². The summed E-state index contributed by atoms with van der Waals surface area (Å²) in [7, 11) is 1.45. The first kappa shape index (κ1) is 18.3. The fourth-order valence-corrected chi connectivity index (χ4v) is 4.43. The minimum Gasteiger partial charge on any atom is -0.469 e. The number of piperidine rings is 1. The maximum absolute atomic E-state index is 11.5. The molecule has 2 aliphatic heterocycles. The predicted molar refractivity (Wildman–Crippen MR) is 105 cm³/mol. The number of para-hydroxylation sites is 1. The van der Waals surface area contributed by atoms with Crippen molar-refractivity contribution in [1.29, 1.82) is 0 Å². The average molecular weight is 368 g/mol.